The summed E-state index contributed by atoms with van der Waals surface area (Å²) in [7, 11) is 2.24. The van der Waals surface area contributed by atoms with Crippen molar-refractivity contribution in [1.29, 1.82) is 0 Å². The van der Waals surface area contributed by atoms with Crippen LogP contribution in [-0.4, -0.2) is 37.6 Å². The summed E-state index contributed by atoms with van der Waals surface area (Å²) in [5.41, 5.74) is 0. The van der Waals surface area contributed by atoms with Crippen molar-refractivity contribution in [2.24, 2.45) is 0 Å². The molecule has 1 N–H and O–H groups in total. The van der Waals surface area contributed by atoms with Crippen LogP contribution in [0.5, 0.6) is 0 Å². The molecule has 0 aliphatic carbocycles. The first-order valence-electron chi connectivity index (χ1n) is 6.63. The van der Waals surface area contributed by atoms with Gasteiger partial charge in [0.25, 0.3) is 0 Å². The Morgan fingerprint density at radius 2 is 1.80 bits per heavy atom. The lowest BCUT2D eigenvalue weighted by atomic mass is 10.2. The smallest absolute Gasteiger partial charge is 0.00612 e. The van der Waals surface area contributed by atoms with Gasteiger partial charge in [0.2, 0.25) is 0 Å². The Morgan fingerprint density at radius 3 is 2.40 bits per heavy atom. The second kappa shape index (κ2) is 10.4. The van der Waals surface area contributed by atoms with E-state index < -0.39 is 0 Å². The Morgan fingerprint density at radius 1 is 1.07 bits per heavy atom. The number of rotatable bonds is 10. The largest absolute Gasteiger partial charge is 0.317 e. The maximum Gasteiger partial charge on any atom is 0.00612 e. The van der Waals surface area contributed by atoms with Crippen LogP contribution in [0.25, 0.3) is 0 Å². The van der Waals surface area contributed by atoms with Gasteiger partial charge >= 0.3 is 0 Å². The minimum Gasteiger partial charge on any atom is -0.317 e. The topological polar surface area (TPSA) is 15.3 Å². The molecule has 0 aromatic heterocycles. The van der Waals surface area contributed by atoms with Gasteiger partial charge in [-0.3, -0.25) is 0 Å². The van der Waals surface area contributed by atoms with Crippen LogP contribution in [0.4, 0.5) is 0 Å². The van der Waals surface area contributed by atoms with E-state index in [1.54, 1.807) is 0 Å². The molecule has 0 rings (SSSR count). The van der Waals surface area contributed by atoms with E-state index in [4.69, 9.17) is 0 Å². The van der Waals surface area contributed by atoms with E-state index in [0.29, 0.717) is 0 Å². The third-order valence-corrected chi connectivity index (χ3v) is 3.13. The fourth-order valence-electron chi connectivity index (χ4n) is 1.62. The van der Waals surface area contributed by atoms with Crippen molar-refractivity contribution in [3.63, 3.8) is 0 Å². The molecule has 0 spiro atoms. The van der Waals surface area contributed by atoms with Gasteiger partial charge in [-0.15, -0.1) is 0 Å². The monoisotopic (exact) mass is 214 g/mol. The Kier molecular flexibility index (Phi) is 10.4. The second-order valence-corrected chi connectivity index (χ2v) is 4.55. The van der Waals surface area contributed by atoms with E-state index in [1.165, 1.54) is 51.7 Å². The van der Waals surface area contributed by atoms with Gasteiger partial charge in [0.05, 0.1) is 0 Å². The number of unbranched alkanes of at least 4 members (excludes halogenated alkanes) is 2. The van der Waals surface area contributed by atoms with Crippen molar-refractivity contribution in [2.45, 2.75) is 58.9 Å². The fourth-order valence-corrected chi connectivity index (χ4v) is 1.62. The molecule has 1 atom stereocenters. The molecule has 0 radical (unpaired) electrons. The molecule has 0 fully saturated rings. The van der Waals surface area contributed by atoms with Gasteiger partial charge in [-0.2, -0.15) is 0 Å². The van der Waals surface area contributed by atoms with Crippen LogP contribution in [0, 0.1) is 0 Å². The molecule has 0 aromatic rings. The van der Waals surface area contributed by atoms with Gasteiger partial charge in [0.1, 0.15) is 0 Å². The summed E-state index contributed by atoms with van der Waals surface area (Å²) in [6, 6.07) is 0.739. The van der Waals surface area contributed by atoms with Crippen molar-refractivity contribution in [2.75, 3.05) is 26.7 Å². The van der Waals surface area contributed by atoms with Crippen LogP contribution in [0.2, 0.25) is 0 Å². The number of hydrogen-bond acceptors (Lipinski definition) is 2. The van der Waals surface area contributed by atoms with E-state index in [1.807, 2.05) is 0 Å². The SMILES string of the molecule is CCCNCCCCCN(C)C(C)CC. The normalized spacial score (nSPS) is 13.4. The Balaban J connectivity index is 3.16. The molecule has 0 aliphatic rings. The molecule has 0 aromatic carbocycles. The predicted molar refractivity (Wildman–Crippen MR) is 69.4 cm³/mol. The molecule has 1 unspecified atom stereocenters. The average Bonchev–Trinajstić information content (AvgIpc) is 2.26. The molecule has 0 aliphatic heterocycles. The molecule has 0 bridgehead atoms. The molecule has 92 valence electrons. The molecule has 2 nitrogen and oxygen atoms in total. The van der Waals surface area contributed by atoms with E-state index in [-0.39, 0.29) is 0 Å². The highest BCUT2D eigenvalue weighted by Gasteiger charge is 2.04. The summed E-state index contributed by atoms with van der Waals surface area (Å²) >= 11 is 0. The van der Waals surface area contributed by atoms with Crippen LogP contribution in [0.15, 0.2) is 0 Å². The van der Waals surface area contributed by atoms with Gasteiger partial charge in [-0.05, 0) is 59.3 Å². The standard InChI is InChI=1S/C13H30N2/c1-5-10-14-11-8-7-9-12-15(4)13(3)6-2/h13-14H,5-12H2,1-4H3. The molecule has 15 heavy (non-hydrogen) atoms. The fraction of sp³-hybridized carbons (Fsp3) is 1.00. The summed E-state index contributed by atoms with van der Waals surface area (Å²) in [6.07, 6.45) is 6.53. The number of nitrogens with zero attached hydrogens (tertiary/aromatic N) is 1. The first-order valence-corrected chi connectivity index (χ1v) is 6.63. The lowest BCUT2D eigenvalue weighted by molar-refractivity contribution is 0.246. The highest BCUT2D eigenvalue weighted by atomic mass is 15.1. The highest BCUT2D eigenvalue weighted by Crippen LogP contribution is 2.03. The van der Waals surface area contributed by atoms with Crippen LogP contribution in [0.3, 0.4) is 0 Å². The summed E-state index contributed by atoms with van der Waals surface area (Å²) in [5, 5.41) is 3.44. The third-order valence-electron chi connectivity index (χ3n) is 3.13. The maximum atomic E-state index is 3.44. The van der Waals surface area contributed by atoms with Crippen molar-refractivity contribution < 1.29 is 0 Å². The zero-order valence-electron chi connectivity index (χ0n) is 11.2. The molecule has 0 amide bonds. The third kappa shape index (κ3) is 8.88. The van der Waals surface area contributed by atoms with Gasteiger partial charge in [-0.1, -0.05) is 20.3 Å². The van der Waals surface area contributed by atoms with Crippen LogP contribution < -0.4 is 5.32 Å². The van der Waals surface area contributed by atoms with Crippen LogP contribution in [0.1, 0.15) is 52.9 Å². The first-order chi connectivity index (χ1) is 7.22. The number of hydrogen-bond donors (Lipinski definition) is 1. The van der Waals surface area contributed by atoms with Crippen molar-refractivity contribution in [3.05, 3.63) is 0 Å². The lowest BCUT2D eigenvalue weighted by Crippen LogP contribution is -2.29. The highest BCUT2D eigenvalue weighted by molar-refractivity contribution is 4.60. The average molecular weight is 214 g/mol. The summed E-state index contributed by atoms with van der Waals surface area (Å²) in [4.78, 5) is 2.47. The predicted octanol–water partition coefficient (Wildman–Crippen LogP) is 2.89. The molecular weight excluding hydrogens is 184 g/mol. The second-order valence-electron chi connectivity index (χ2n) is 4.55. The van der Waals surface area contributed by atoms with Crippen molar-refractivity contribution in [3.8, 4) is 0 Å². The zero-order chi connectivity index (χ0) is 11.5. The zero-order valence-corrected chi connectivity index (χ0v) is 11.2. The van der Waals surface area contributed by atoms with E-state index >= 15 is 0 Å². The molecule has 0 saturated carbocycles. The van der Waals surface area contributed by atoms with Crippen molar-refractivity contribution in [1.82, 2.24) is 10.2 Å². The lowest BCUT2D eigenvalue weighted by Gasteiger charge is -2.23. The minimum atomic E-state index is 0.739. The Hall–Kier alpha value is -0.0800. The number of nitrogens with one attached hydrogen (secondary N) is 1. The van der Waals surface area contributed by atoms with Gasteiger partial charge in [0, 0.05) is 6.04 Å². The van der Waals surface area contributed by atoms with E-state index in [0.717, 1.165) is 6.04 Å². The van der Waals surface area contributed by atoms with Gasteiger partial charge in [0.15, 0.2) is 0 Å². The summed E-state index contributed by atoms with van der Waals surface area (Å²) in [5.74, 6) is 0. The first kappa shape index (κ1) is 14.9. The van der Waals surface area contributed by atoms with Crippen LogP contribution >= 0.6 is 0 Å². The Labute approximate surface area is 96.4 Å². The molecular formula is C13H30N2. The van der Waals surface area contributed by atoms with Gasteiger partial charge < -0.3 is 10.2 Å². The molecule has 2 heteroatoms. The molecule has 0 saturated heterocycles. The quantitative estimate of drug-likeness (QED) is 0.563. The van der Waals surface area contributed by atoms with E-state index in [2.05, 4.69) is 38.0 Å². The minimum absolute atomic E-state index is 0.739. The van der Waals surface area contributed by atoms with Gasteiger partial charge in [-0.25, -0.2) is 0 Å². The van der Waals surface area contributed by atoms with E-state index in [9.17, 15) is 0 Å². The van der Waals surface area contributed by atoms with Crippen molar-refractivity contribution >= 4 is 0 Å². The maximum absolute atomic E-state index is 3.44. The van der Waals surface area contributed by atoms with Crippen LogP contribution in [-0.2, 0) is 0 Å². The Bertz CT molecular complexity index is 126. The summed E-state index contributed by atoms with van der Waals surface area (Å²) in [6.45, 7) is 10.4. The molecule has 0 heterocycles. The summed E-state index contributed by atoms with van der Waals surface area (Å²) < 4.78 is 0.